The first kappa shape index (κ1) is 15.7. The lowest BCUT2D eigenvalue weighted by atomic mass is 9.81. The Balaban J connectivity index is 1.61. The van der Waals surface area contributed by atoms with E-state index in [4.69, 9.17) is 0 Å². The largest absolute Gasteiger partial charge is 0.317 e. The number of fused-ring (bicyclic) bond motifs is 3. The Morgan fingerprint density at radius 2 is 1.96 bits per heavy atom. The number of hydrogen-bond acceptors (Lipinski definition) is 2. The fraction of sp³-hybridized carbons (Fsp3) is 0.619. The molecule has 0 spiro atoms. The maximum atomic E-state index is 3.46. The summed E-state index contributed by atoms with van der Waals surface area (Å²) in [5.41, 5.74) is 3.35. The van der Waals surface area contributed by atoms with Gasteiger partial charge in [-0.3, -0.25) is 0 Å². The van der Waals surface area contributed by atoms with Gasteiger partial charge < -0.3 is 5.32 Å². The normalized spacial score (nSPS) is 28.0. The van der Waals surface area contributed by atoms with E-state index in [2.05, 4.69) is 48.8 Å². The molecule has 1 fully saturated rings. The predicted molar refractivity (Wildman–Crippen MR) is 102 cm³/mol. The quantitative estimate of drug-likeness (QED) is 0.801. The highest BCUT2D eigenvalue weighted by atomic mass is 32.1. The number of aryl methyl sites for hydroxylation is 1. The molecule has 2 heteroatoms. The van der Waals surface area contributed by atoms with Crippen LogP contribution in [0.2, 0.25) is 0 Å². The molecule has 0 saturated heterocycles. The lowest BCUT2D eigenvalue weighted by Gasteiger charge is -2.28. The van der Waals surface area contributed by atoms with E-state index < -0.39 is 0 Å². The van der Waals surface area contributed by atoms with Crippen LogP contribution in [0.4, 0.5) is 0 Å². The minimum absolute atomic E-state index is 0.761. The summed E-state index contributed by atoms with van der Waals surface area (Å²) in [6, 6.07) is 7.82. The number of benzene rings is 1. The van der Waals surface area contributed by atoms with Gasteiger partial charge >= 0.3 is 0 Å². The molecule has 2 aromatic rings. The van der Waals surface area contributed by atoms with E-state index in [1.54, 1.807) is 26.1 Å². The fourth-order valence-electron chi connectivity index (χ4n) is 4.72. The van der Waals surface area contributed by atoms with Gasteiger partial charge in [0.2, 0.25) is 0 Å². The zero-order valence-electron chi connectivity index (χ0n) is 14.5. The summed E-state index contributed by atoms with van der Waals surface area (Å²) >= 11 is 2.07. The van der Waals surface area contributed by atoms with Crippen molar-refractivity contribution in [2.75, 3.05) is 7.05 Å². The molecule has 0 amide bonds. The van der Waals surface area contributed by atoms with Gasteiger partial charge in [-0.15, -0.1) is 11.3 Å². The third-order valence-electron chi connectivity index (χ3n) is 6.16. The Hall–Kier alpha value is -0.860. The predicted octanol–water partition coefficient (Wildman–Crippen LogP) is 5.35. The second kappa shape index (κ2) is 6.57. The first-order valence-corrected chi connectivity index (χ1v) is 10.3. The van der Waals surface area contributed by atoms with E-state index in [1.807, 2.05) is 0 Å². The molecule has 2 aliphatic carbocycles. The minimum atomic E-state index is 0.761. The fourth-order valence-corrected chi connectivity index (χ4v) is 6.02. The van der Waals surface area contributed by atoms with Crippen LogP contribution in [0.15, 0.2) is 18.2 Å². The third kappa shape index (κ3) is 3.08. The van der Waals surface area contributed by atoms with Crippen molar-refractivity contribution in [1.82, 2.24) is 5.32 Å². The van der Waals surface area contributed by atoms with Crippen molar-refractivity contribution >= 4 is 21.4 Å². The molecule has 124 valence electrons. The van der Waals surface area contributed by atoms with Crippen LogP contribution in [0.25, 0.3) is 10.1 Å². The number of rotatable bonds is 3. The molecule has 0 aliphatic heterocycles. The first-order valence-electron chi connectivity index (χ1n) is 9.44. The van der Waals surface area contributed by atoms with E-state index in [0.29, 0.717) is 0 Å². The van der Waals surface area contributed by atoms with Gasteiger partial charge in [0.1, 0.15) is 0 Å². The van der Waals surface area contributed by atoms with Crippen LogP contribution in [-0.4, -0.2) is 13.1 Å². The molecular weight excluding hydrogens is 298 g/mol. The second-order valence-electron chi connectivity index (χ2n) is 7.85. The Labute approximate surface area is 144 Å². The van der Waals surface area contributed by atoms with Crippen LogP contribution in [0.1, 0.15) is 55.0 Å². The molecule has 1 aromatic carbocycles. The summed E-state index contributed by atoms with van der Waals surface area (Å²) in [6.07, 6.45) is 10.8. The molecule has 1 unspecified atom stereocenters. The molecule has 1 N–H and O–H groups in total. The van der Waals surface area contributed by atoms with E-state index in [-0.39, 0.29) is 0 Å². The van der Waals surface area contributed by atoms with Gasteiger partial charge in [0.05, 0.1) is 0 Å². The zero-order valence-corrected chi connectivity index (χ0v) is 15.3. The molecule has 23 heavy (non-hydrogen) atoms. The van der Waals surface area contributed by atoms with Crippen LogP contribution in [0.5, 0.6) is 0 Å². The summed E-state index contributed by atoms with van der Waals surface area (Å²) in [4.78, 5) is 1.68. The van der Waals surface area contributed by atoms with E-state index >= 15 is 0 Å². The standard InChI is InChI=1S/C21H29NS/c1-14-6-11-19-18(12-14)21-16(4-3-5-20(21)23-19)13-15-7-9-17(22-2)10-8-15/h3-5,14-15,17,22H,6-13H2,1-2H3/t14?,15-,17-. The molecule has 1 saturated carbocycles. The zero-order chi connectivity index (χ0) is 15.8. The molecule has 2 aliphatic rings. The van der Waals surface area contributed by atoms with Crippen LogP contribution in [0.3, 0.4) is 0 Å². The maximum absolute atomic E-state index is 3.46. The molecule has 1 aromatic heterocycles. The van der Waals surface area contributed by atoms with Crippen molar-refractivity contribution in [3.05, 3.63) is 34.2 Å². The summed E-state index contributed by atoms with van der Waals surface area (Å²) in [6.45, 7) is 2.42. The highest BCUT2D eigenvalue weighted by molar-refractivity contribution is 7.19. The van der Waals surface area contributed by atoms with Crippen molar-refractivity contribution in [2.45, 2.75) is 64.3 Å². The molecular formula is C21H29NS. The van der Waals surface area contributed by atoms with Crippen LogP contribution >= 0.6 is 11.3 Å². The monoisotopic (exact) mass is 327 g/mol. The molecule has 1 heterocycles. The average Bonchev–Trinajstić information content (AvgIpc) is 2.94. The van der Waals surface area contributed by atoms with Gasteiger partial charge in [-0.05, 0) is 92.8 Å². The van der Waals surface area contributed by atoms with Crippen molar-refractivity contribution in [1.29, 1.82) is 0 Å². The van der Waals surface area contributed by atoms with Gasteiger partial charge in [-0.1, -0.05) is 19.1 Å². The van der Waals surface area contributed by atoms with E-state index in [9.17, 15) is 0 Å². The lowest BCUT2D eigenvalue weighted by Crippen LogP contribution is -2.30. The lowest BCUT2D eigenvalue weighted by molar-refractivity contribution is 0.301. The first-order chi connectivity index (χ1) is 11.2. The topological polar surface area (TPSA) is 12.0 Å². The highest BCUT2D eigenvalue weighted by Gasteiger charge is 2.24. The Morgan fingerprint density at radius 3 is 2.74 bits per heavy atom. The van der Waals surface area contributed by atoms with Crippen LogP contribution < -0.4 is 5.32 Å². The van der Waals surface area contributed by atoms with Crippen molar-refractivity contribution in [3.8, 4) is 0 Å². The van der Waals surface area contributed by atoms with Crippen LogP contribution in [-0.2, 0) is 19.3 Å². The molecule has 1 nitrogen and oxygen atoms in total. The highest BCUT2D eigenvalue weighted by Crippen LogP contribution is 2.41. The minimum Gasteiger partial charge on any atom is -0.317 e. The molecule has 1 atom stereocenters. The number of hydrogen-bond donors (Lipinski definition) is 1. The molecule has 0 radical (unpaired) electrons. The van der Waals surface area contributed by atoms with Gasteiger partial charge in [0.25, 0.3) is 0 Å². The molecule has 0 bridgehead atoms. The number of thiophene rings is 1. The van der Waals surface area contributed by atoms with Gasteiger partial charge in [0, 0.05) is 15.6 Å². The Morgan fingerprint density at radius 1 is 1.13 bits per heavy atom. The van der Waals surface area contributed by atoms with Gasteiger partial charge in [0.15, 0.2) is 0 Å². The van der Waals surface area contributed by atoms with E-state index in [0.717, 1.165) is 17.9 Å². The molecule has 4 rings (SSSR count). The Bertz CT molecular complexity index is 678. The summed E-state index contributed by atoms with van der Waals surface area (Å²) in [5.74, 6) is 1.75. The summed E-state index contributed by atoms with van der Waals surface area (Å²) in [7, 11) is 2.12. The average molecular weight is 328 g/mol. The van der Waals surface area contributed by atoms with Gasteiger partial charge in [-0.2, -0.15) is 0 Å². The van der Waals surface area contributed by atoms with Crippen molar-refractivity contribution < 1.29 is 0 Å². The van der Waals surface area contributed by atoms with E-state index in [1.165, 1.54) is 51.4 Å². The van der Waals surface area contributed by atoms with Crippen LogP contribution in [0, 0.1) is 11.8 Å². The Kier molecular flexibility index (Phi) is 4.47. The summed E-state index contributed by atoms with van der Waals surface area (Å²) < 4.78 is 1.55. The third-order valence-corrected chi connectivity index (χ3v) is 7.42. The summed E-state index contributed by atoms with van der Waals surface area (Å²) in [5, 5.41) is 5.11. The maximum Gasteiger partial charge on any atom is 0.0351 e. The smallest absolute Gasteiger partial charge is 0.0351 e. The second-order valence-corrected chi connectivity index (χ2v) is 8.99. The van der Waals surface area contributed by atoms with Crippen molar-refractivity contribution in [3.63, 3.8) is 0 Å². The van der Waals surface area contributed by atoms with Gasteiger partial charge in [-0.25, -0.2) is 0 Å². The van der Waals surface area contributed by atoms with Crippen molar-refractivity contribution in [2.24, 2.45) is 11.8 Å². The number of nitrogens with one attached hydrogen (secondary N) is 1. The SMILES string of the molecule is CN[C@H]1CC[C@H](Cc2cccc3sc4c(c23)CC(C)CC4)CC1.